The Kier molecular flexibility index (Phi) is 6.95. The van der Waals surface area contributed by atoms with E-state index in [2.05, 4.69) is 29.2 Å². The van der Waals surface area contributed by atoms with Crippen molar-refractivity contribution in [3.05, 3.63) is 75.8 Å². The van der Waals surface area contributed by atoms with E-state index in [1.807, 2.05) is 18.2 Å². The lowest BCUT2D eigenvalue weighted by Gasteiger charge is -2.33. The molecule has 1 fully saturated rings. The van der Waals surface area contributed by atoms with E-state index in [-0.39, 0.29) is 5.75 Å². The lowest BCUT2D eigenvalue weighted by atomic mass is 10.2. The van der Waals surface area contributed by atoms with E-state index in [4.69, 9.17) is 23.2 Å². The van der Waals surface area contributed by atoms with Crippen LogP contribution in [0.15, 0.2) is 54.6 Å². The third-order valence-electron chi connectivity index (χ3n) is 4.59. The highest BCUT2D eigenvalue weighted by molar-refractivity contribution is 7.88. The van der Waals surface area contributed by atoms with Gasteiger partial charge < -0.3 is 0 Å². The van der Waals surface area contributed by atoms with Gasteiger partial charge in [0.05, 0.1) is 5.75 Å². The van der Waals surface area contributed by atoms with Crippen LogP contribution in [0, 0.1) is 0 Å². The van der Waals surface area contributed by atoms with Crippen LogP contribution in [0.4, 0.5) is 0 Å². The topological polar surface area (TPSA) is 40.6 Å². The molecule has 144 valence electrons. The van der Waals surface area contributed by atoms with Crippen LogP contribution in [-0.2, 0) is 15.8 Å². The SMILES string of the molecule is O=S(=O)(Cc1c(Cl)cccc1Cl)N1CCN(C/C=C/c2ccccc2)CC1. The predicted octanol–water partition coefficient (Wildman–Crippen LogP) is 4.15. The van der Waals surface area contributed by atoms with Crippen molar-refractivity contribution in [3.8, 4) is 0 Å². The smallest absolute Gasteiger partial charge is 0.218 e. The highest BCUT2D eigenvalue weighted by Crippen LogP contribution is 2.27. The molecular formula is C20H22Cl2N2O2S. The first-order valence-corrected chi connectivity index (χ1v) is 11.2. The minimum absolute atomic E-state index is 0.167. The number of hydrogen-bond acceptors (Lipinski definition) is 3. The number of halogens is 2. The maximum absolute atomic E-state index is 12.7. The Morgan fingerprint density at radius 3 is 2.15 bits per heavy atom. The molecule has 0 N–H and O–H groups in total. The summed E-state index contributed by atoms with van der Waals surface area (Å²) in [6.45, 7) is 3.16. The normalized spacial score (nSPS) is 16.8. The van der Waals surface area contributed by atoms with Gasteiger partial charge >= 0.3 is 0 Å². The van der Waals surface area contributed by atoms with Gasteiger partial charge in [-0.25, -0.2) is 8.42 Å². The zero-order valence-corrected chi connectivity index (χ0v) is 17.2. The number of rotatable bonds is 6. The van der Waals surface area contributed by atoms with Gasteiger partial charge in [-0.3, -0.25) is 4.90 Å². The highest BCUT2D eigenvalue weighted by atomic mass is 35.5. The molecule has 1 aliphatic heterocycles. The molecule has 1 heterocycles. The molecule has 1 aliphatic rings. The van der Waals surface area contributed by atoms with E-state index in [9.17, 15) is 8.42 Å². The second kappa shape index (κ2) is 9.22. The summed E-state index contributed by atoms with van der Waals surface area (Å²) in [6.07, 6.45) is 4.20. The van der Waals surface area contributed by atoms with Gasteiger partial charge in [-0.2, -0.15) is 4.31 Å². The Hall–Kier alpha value is -1.37. The van der Waals surface area contributed by atoms with Gasteiger partial charge in [0.15, 0.2) is 0 Å². The fraction of sp³-hybridized carbons (Fsp3) is 0.300. The minimum atomic E-state index is -3.45. The lowest BCUT2D eigenvalue weighted by Crippen LogP contribution is -2.48. The number of sulfonamides is 1. The third-order valence-corrected chi connectivity index (χ3v) is 7.10. The monoisotopic (exact) mass is 424 g/mol. The van der Waals surface area contributed by atoms with Crippen LogP contribution >= 0.6 is 23.2 Å². The predicted molar refractivity (Wildman–Crippen MR) is 113 cm³/mol. The van der Waals surface area contributed by atoms with Crippen LogP contribution in [0.2, 0.25) is 10.0 Å². The number of nitrogens with zero attached hydrogens (tertiary/aromatic N) is 2. The zero-order valence-electron chi connectivity index (χ0n) is 14.9. The Bertz CT molecular complexity index is 873. The maximum atomic E-state index is 12.7. The van der Waals surface area contributed by atoms with Crippen LogP contribution in [0.25, 0.3) is 6.08 Å². The molecule has 0 aliphatic carbocycles. The van der Waals surface area contributed by atoms with E-state index < -0.39 is 10.0 Å². The van der Waals surface area contributed by atoms with Crippen LogP contribution in [0.1, 0.15) is 11.1 Å². The molecular weight excluding hydrogens is 403 g/mol. The number of piperazine rings is 1. The molecule has 4 nitrogen and oxygen atoms in total. The molecule has 3 rings (SSSR count). The average molecular weight is 425 g/mol. The Morgan fingerprint density at radius 1 is 0.889 bits per heavy atom. The molecule has 0 saturated carbocycles. The second-order valence-electron chi connectivity index (χ2n) is 6.47. The zero-order chi connectivity index (χ0) is 19.3. The minimum Gasteiger partial charge on any atom is -0.297 e. The maximum Gasteiger partial charge on any atom is 0.218 e. The largest absolute Gasteiger partial charge is 0.297 e. The summed E-state index contributed by atoms with van der Waals surface area (Å²) in [7, 11) is -3.45. The summed E-state index contributed by atoms with van der Waals surface area (Å²) in [5.41, 5.74) is 1.63. The molecule has 1 saturated heterocycles. The summed E-state index contributed by atoms with van der Waals surface area (Å²) < 4.78 is 27.0. The van der Waals surface area contributed by atoms with Crippen molar-refractivity contribution in [2.24, 2.45) is 0 Å². The van der Waals surface area contributed by atoms with Crippen molar-refractivity contribution >= 4 is 39.3 Å². The lowest BCUT2D eigenvalue weighted by molar-refractivity contribution is 0.204. The molecule has 2 aromatic carbocycles. The molecule has 0 spiro atoms. The summed E-state index contributed by atoms with van der Waals surface area (Å²) in [5.74, 6) is -0.167. The van der Waals surface area contributed by atoms with E-state index in [0.717, 1.165) is 12.1 Å². The fourth-order valence-corrected chi connectivity index (χ4v) is 5.30. The first kappa shape index (κ1) is 20.4. The Balaban J connectivity index is 1.54. The van der Waals surface area contributed by atoms with Gasteiger partial charge in [-0.05, 0) is 17.7 Å². The summed E-state index contributed by atoms with van der Waals surface area (Å²) >= 11 is 12.2. The van der Waals surface area contributed by atoms with E-state index in [1.165, 1.54) is 4.31 Å². The molecule has 7 heteroatoms. The van der Waals surface area contributed by atoms with E-state index in [0.29, 0.717) is 41.8 Å². The van der Waals surface area contributed by atoms with Crippen molar-refractivity contribution in [2.45, 2.75) is 5.75 Å². The summed E-state index contributed by atoms with van der Waals surface area (Å²) in [6, 6.07) is 15.2. The van der Waals surface area contributed by atoms with Gasteiger partial charge in [0.1, 0.15) is 0 Å². The molecule has 0 bridgehead atoms. The van der Waals surface area contributed by atoms with Crippen LogP contribution in [0.3, 0.4) is 0 Å². The molecule has 0 aromatic heterocycles. The molecule has 2 aromatic rings. The van der Waals surface area contributed by atoms with Crippen LogP contribution in [0.5, 0.6) is 0 Å². The molecule has 27 heavy (non-hydrogen) atoms. The van der Waals surface area contributed by atoms with Crippen LogP contribution < -0.4 is 0 Å². The average Bonchev–Trinajstić information content (AvgIpc) is 2.66. The fourth-order valence-electron chi connectivity index (χ4n) is 3.04. The Morgan fingerprint density at radius 2 is 1.52 bits per heavy atom. The van der Waals surface area contributed by atoms with Gasteiger partial charge in [0, 0.05) is 48.3 Å². The quantitative estimate of drug-likeness (QED) is 0.698. The highest BCUT2D eigenvalue weighted by Gasteiger charge is 2.28. The second-order valence-corrected chi connectivity index (χ2v) is 9.25. The first-order valence-electron chi connectivity index (χ1n) is 8.80. The molecule has 0 radical (unpaired) electrons. The number of benzene rings is 2. The molecule has 0 amide bonds. The standard InChI is InChI=1S/C20H22Cl2N2O2S/c21-19-9-4-10-20(22)18(19)16-27(25,26)24-14-12-23(13-15-24)11-5-8-17-6-2-1-3-7-17/h1-10H,11-16H2/b8-5+. The van der Waals surface area contributed by atoms with E-state index >= 15 is 0 Å². The first-order chi connectivity index (χ1) is 13.0. The molecule has 0 atom stereocenters. The number of hydrogen-bond donors (Lipinski definition) is 0. The Labute approximate surface area is 171 Å². The summed E-state index contributed by atoms with van der Waals surface area (Å²) in [5, 5.41) is 0.770. The van der Waals surface area contributed by atoms with Gasteiger partial charge in [0.25, 0.3) is 0 Å². The van der Waals surface area contributed by atoms with Crippen molar-refractivity contribution in [2.75, 3.05) is 32.7 Å². The van der Waals surface area contributed by atoms with E-state index in [1.54, 1.807) is 18.2 Å². The van der Waals surface area contributed by atoms with Gasteiger partial charge in [0.2, 0.25) is 10.0 Å². The van der Waals surface area contributed by atoms with Crippen molar-refractivity contribution < 1.29 is 8.42 Å². The summed E-state index contributed by atoms with van der Waals surface area (Å²) in [4.78, 5) is 2.24. The van der Waals surface area contributed by atoms with Crippen LogP contribution in [-0.4, -0.2) is 50.3 Å². The van der Waals surface area contributed by atoms with Gasteiger partial charge in [-0.1, -0.05) is 71.8 Å². The van der Waals surface area contributed by atoms with Crippen molar-refractivity contribution in [1.29, 1.82) is 0 Å². The third kappa shape index (κ3) is 5.56. The van der Waals surface area contributed by atoms with Gasteiger partial charge in [-0.15, -0.1) is 0 Å². The van der Waals surface area contributed by atoms with Crippen molar-refractivity contribution in [3.63, 3.8) is 0 Å². The molecule has 0 unspecified atom stereocenters. The van der Waals surface area contributed by atoms with Crippen molar-refractivity contribution in [1.82, 2.24) is 9.21 Å².